The maximum atomic E-state index is 11.1. The maximum Gasteiger partial charge on any atom is 0.303 e. The van der Waals surface area contributed by atoms with E-state index in [1.165, 1.54) is 44.9 Å². The molecule has 0 aromatic heterocycles. The molecule has 0 aromatic carbocycles. The second-order valence-corrected chi connectivity index (χ2v) is 11.0. The van der Waals surface area contributed by atoms with Crippen LogP contribution in [-0.4, -0.2) is 24.3 Å². The summed E-state index contributed by atoms with van der Waals surface area (Å²) in [5.41, 5.74) is 2.51. The molecule has 0 amide bonds. The number of hydrogen-bond acceptors (Lipinski definition) is 2. The molecule has 4 rings (SSSR count). The first-order valence-corrected chi connectivity index (χ1v) is 11.7. The summed E-state index contributed by atoms with van der Waals surface area (Å²) in [7, 11) is 1.87. The molecule has 1 N–H and O–H groups in total. The average molecular weight is 389 g/mol. The van der Waals surface area contributed by atoms with Gasteiger partial charge < -0.3 is 9.84 Å². The summed E-state index contributed by atoms with van der Waals surface area (Å²) >= 11 is 0. The fourth-order valence-corrected chi connectivity index (χ4v) is 8.36. The Balaban J connectivity index is 1.53. The zero-order valence-electron chi connectivity index (χ0n) is 18.4. The Morgan fingerprint density at radius 1 is 1.21 bits per heavy atom. The Bertz CT molecular complexity index is 640. The molecule has 0 spiro atoms. The minimum atomic E-state index is -0.639. The van der Waals surface area contributed by atoms with Crippen molar-refractivity contribution < 1.29 is 14.6 Å². The van der Waals surface area contributed by atoms with Crippen molar-refractivity contribution in [3.05, 3.63) is 11.6 Å². The molecule has 3 nitrogen and oxygen atoms in total. The molecular weight excluding hydrogens is 348 g/mol. The van der Waals surface area contributed by atoms with Gasteiger partial charge in [-0.05, 0) is 98.2 Å². The molecule has 8 atom stereocenters. The monoisotopic (exact) mass is 388 g/mol. The summed E-state index contributed by atoms with van der Waals surface area (Å²) in [4.78, 5) is 11.1. The first-order valence-electron chi connectivity index (χ1n) is 11.7. The number of allylic oxidation sites excluding steroid dienone is 1. The molecule has 28 heavy (non-hydrogen) atoms. The lowest BCUT2D eigenvalue weighted by atomic mass is 9.47. The number of aliphatic carboxylic acids is 1. The normalized spacial score (nSPS) is 46.1. The molecule has 158 valence electrons. The van der Waals surface area contributed by atoms with Crippen LogP contribution in [0, 0.1) is 40.4 Å². The van der Waals surface area contributed by atoms with Crippen molar-refractivity contribution in [3.8, 4) is 0 Å². The molecule has 0 aliphatic heterocycles. The van der Waals surface area contributed by atoms with Crippen LogP contribution in [0.1, 0.15) is 85.0 Å². The Hall–Kier alpha value is -0.830. The maximum absolute atomic E-state index is 11.1. The van der Waals surface area contributed by atoms with E-state index in [4.69, 9.17) is 9.84 Å². The van der Waals surface area contributed by atoms with Gasteiger partial charge in [-0.1, -0.05) is 32.4 Å². The number of rotatable bonds is 5. The fourth-order valence-electron chi connectivity index (χ4n) is 8.36. The molecule has 0 radical (unpaired) electrons. The van der Waals surface area contributed by atoms with E-state index in [-0.39, 0.29) is 0 Å². The molecule has 0 bridgehead atoms. The second kappa shape index (κ2) is 7.45. The zero-order valence-corrected chi connectivity index (χ0v) is 18.4. The Morgan fingerprint density at radius 3 is 2.71 bits per heavy atom. The van der Waals surface area contributed by atoms with Gasteiger partial charge in [-0.2, -0.15) is 0 Å². The highest BCUT2D eigenvalue weighted by Gasteiger charge is 2.59. The minimum absolute atomic E-state index is 0.329. The molecule has 3 saturated carbocycles. The largest absolute Gasteiger partial charge is 0.481 e. The Labute approximate surface area is 171 Å². The molecule has 0 aromatic rings. The van der Waals surface area contributed by atoms with Gasteiger partial charge in [0.05, 0.1) is 6.10 Å². The van der Waals surface area contributed by atoms with E-state index in [9.17, 15) is 4.79 Å². The summed E-state index contributed by atoms with van der Waals surface area (Å²) < 4.78 is 5.70. The van der Waals surface area contributed by atoms with Crippen LogP contribution in [0.4, 0.5) is 0 Å². The summed E-state index contributed by atoms with van der Waals surface area (Å²) in [6, 6.07) is 0. The van der Waals surface area contributed by atoms with Crippen LogP contribution >= 0.6 is 0 Å². The predicted molar refractivity (Wildman–Crippen MR) is 112 cm³/mol. The van der Waals surface area contributed by atoms with Gasteiger partial charge in [0.2, 0.25) is 0 Å². The summed E-state index contributed by atoms with van der Waals surface area (Å²) in [5.74, 6) is 3.11. The molecule has 3 fully saturated rings. The number of fused-ring (bicyclic) bond motifs is 5. The molecule has 3 heteroatoms. The number of carboxylic acid groups (broad SMARTS) is 1. The Morgan fingerprint density at radius 2 is 2.00 bits per heavy atom. The van der Waals surface area contributed by atoms with Crippen molar-refractivity contribution in [3.63, 3.8) is 0 Å². The minimum Gasteiger partial charge on any atom is -0.481 e. The fraction of sp³-hybridized carbons (Fsp3) is 0.880. The first-order chi connectivity index (χ1) is 13.3. The summed E-state index contributed by atoms with van der Waals surface area (Å²) in [6.07, 6.45) is 14.5. The van der Waals surface area contributed by atoms with Crippen molar-refractivity contribution >= 4 is 5.97 Å². The van der Waals surface area contributed by atoms with Gasteiger partial charge in [0.15, 0.2) is 0 Å². The summed E-state index contributed by atoms with van der Waals surface area (Å²) in [6.45, 7) is 7.44. The third kappa shape index (κ3) is 3.16. The highest BCUT2D eigenvalue weighted by Crippen LogP contribution is 2.67. The van der Waals surface area contributed by atoms with Crippen LogP contribution in [0.5, 0.6) is 0 Å². The molecule has 4 aliphatic carbocycles. The number of ether oxygens (including phenoxy) is 1. The van der Waals surface area contributed by atoms with Gasteiger partial charge in [0.1, 0.15) is 0 Å². The van der Waals surface area contributed by atoms with Crippen LogP contribution in [0.3, 0.4) is 0 Å². The van der Waals surface area contributed by atoms with Crippen LogP contribution < -0.4 is 0 Å². The van der Waals surface area contributed by atoms with Crippen molar-refractivity contribution in [1.82, 2.24) is 0 Å². The van der Waals surface area contributed by atoms with Gasteiger partial charge in [-0.15, -0.1) is 0 Å². The van der Waals surface area contributed by atoms with Crippen molar-refractivity contribution in [2.24, 2.45) is 40.4 Å². The van der Waals surface area contributed by atoms with E-state index in [0.29, 0.717) is 35.2 Å². The zero-order chi connectivity index (χ0) is 20.1. The third-order valence-corrected chi connectivity index (χ3v) is 9.97. The smallest absolute Gasteiger partial charge is 0.303 e. The van der Waals surface area contributed by atoms with E-state index in [0.717, 1.165) is 30.6 Å². The number of carboxylic acids is 1. The topological polar surface area (TPSA) is 46.5 Å². The lowest BCUT2D eigenvalue weighted by Gasteiger charge is -2.58. The average Bonchev–Trinajstić information content (AvgIpc) is 3.02. The third-order valence-electron chi connectivity index (χ3n) is 9.97. The first kappa shape index (κ1) is 20.4. The van der Waals surface area contributed by atoms with Gasteiger partial charge in [0.25, 0.3) is 0 Å². The predicted octanol–water partition coefficient (Wildman–Crippen LogP) is 6.08. The van der Waals surface area contributed by atoms with E-state index < -0.39 is 5.97 Å². The van der Waals surface area contributed by atoms with Crippen molar-refractivity contribution in [2.45, 2.75) is 91.1 Å². The molecule has 0 heterocycles. The van der Waals surface area contributed by atoms with E-state index >= 15 is 0 Å². The SMILES string of the molecule is CO[C@H]1CC[C@@]2(C)C(=CC[C@H]3[C@@H]4CC[C@H]([C@H](C)CCC(=O)O)[C@@]4(C)CC[C@@H]32)C1. The van der Waals surface area contributed by atoms with Crippen LogP contribution in [0.25, 0.3) is 0 Å². The molecule has 0 saturated heterocycles. The highest BCUT2D eigenvalue weighted by molar-refractivity contribution is 5.66. The van der Waals surface area contributed by atoms with Gasteiger partial charge >= 0.3 is 5.97 Å². The molecular formula is C25H40O3. The molecule has 4 aliphatic rings. The number of methoxy groups -OCH3 is 1. The second-order valence-electron chi connectivity index (χ2n) is 11.0. The van der Waals surface area contributed by atoms with E-state index in [1.54, 1.807) is 5.57 Å². The van der Waals surface area contributed by atoms with E-state index in [2.05, 4.69) is 26.8 Å². The highest BCUT2D eigenvalue weighted by atomic mass is 16.5. The van der Waals surface area contributed by atoms with Crippen molar-refractivity contribution in [1.29, 1.82) is 0 Å². The van der Waals surface area contributed by atoms with Gasteiger partial charge in [-0.25, -0.2) is 0 Å². The van der Waals surface area contributed by atoms with Crippen molar-refractivity contribution in [2.75, 3.05) is 7.11 Å². The standard InChI is InChI=1S/C25H40O3/c1-16(5-10-23(26)27)20-8-9-21-19-7-6-17-15-18(28-4)11-13-24(17,2)22(19)12-14-25(20,21)3/h6,16,18-22H,5,7-15H2,1-4H3,(H,26,27)/t16-,18+,19+,20-,21+,22+,24+,25-/m1/s1. The van der Waals surface area contributed by atoms with Crippen LogP contribution in [0.15, 0.2) is 11.6 Å². The van der Waals surface area contributed by atoms with Gasteiger partial charge in [0, 0.05) is 13.5 Å². The number of carbonyl (C=O) groups is 1. The Kier molecular flexibility index (Phi) is 5.44. The lowest BCUT2D eigenvalue weighted by Crippen LogP contribution is -2.51. The van der Waals surface area contributed by atoms with E-state index in [1.807, 2.05) is 7.11 Å². The quantitative estimate of drug-likeness (QED) is 0.580. The number of hydrogen-bond donors (Lipinski definition) is 1. The summed E-state index contributed by atoms with van der Waals surface area (Å²) in [5, 5.41) is 9.12. The van der Waals surface area contributed by atoms with Crippen LogP contribution in [0.2, 0.25) is 0 Å². The molecule has 0 unspecified atom stereocenters. The lowest BCUT2D eigenvalue weighted by molar-refractivity contribution is -0.137. The van der Waals surface area contributed by atoms with Crippen LogP contribution in [-0.2, 0) is 9.53 Å². The van der Waals surface area contributed by atoms with Gasteiger partial charge in [-0.3, -0.25) is 4.79 Å².